The first-order chi connectivity index (χ1) is 25.9. The van der Waals surface area contributed by atoms with Gasteiger partial charge < -0.3 is 25.1 Å². The molecule has 0 radical (unpaired) electrons. The van der Waals surface area contributed by atoms with Crippen molar-refractivity contribution in [3.63, 3.8) is 0 Å². The number of carbonyl (C=O) groups is 4. The molecule has 17 heteroatoms. The number of imidazole rings is 2. The molecular weight excluding hydrogens is 703 g/mol. The Kier molecular flexibility index (Phi) is 12.1. The number of para-hydroxylation sites is 1. The van der Waals surface area contributed by atoms with E-state index in [0.29, 0.717) is 84.6 Å². The summed E-state index contributed by atoms with van der Waals surface area (Å²) in [6.45, 7) is 9.64. The lowest BCUT2D eigenvalue weighted by Gasteiger charge is -2.13. The Bertz CT molecular complexity index is 2380. The van der Waals surface area contributed by atoms with Crippen LogP contribution in [0, 0.1) is 13.8 Å². The molecule has 55 heavy (non-hydrogen) atoms. The van der Waals surface area contributed by atoms with Gasteiger partial charge in [-0.2, -0.15) is 10.2 Å². The number of anilines is 3. The summed E-state index contributed by atoms with van der Waals surface area (Å²) in [4.78, 5) is 63.0. The summed E-state index contributed by atoms with van der Waals surface area (Å²) in [6, 6.07) is 14.0. The first kappa shape index (κ1) is 39.8. The van der Waals surface area contributed by atoms with E-state index in [1.165, 1.54) is 0 Å². The van der Waals surface area contributed by atoms with Crippen molar-refractivity contribution in [1.29, 1.82) is 0 Å². The maximum Gasteiger partial charge on any atom is 0.276 e. The number of unbranched alkanes of at least 4 members (excludes halogenated alkanes) is 1. The molecule has 0 fully saturated rings. The van der Waals surface area contributed by atoms with Gasteiger partial charge in [0.15, 0.2) is 0 Å². The van der Waals surface area contributed by atoms with E-state index in [1.54, 1.807) is 50.7 Å². The summed E-state index contributed by atoms with van der Waals surface area (Å²) in [7, 11) is 3.63. The fourth-order valence-electron chi connectivity index (χ4n) is 6.46. The van der Waals surface area contributed by atoms with Crippen molar-refractivity contribution >= 4 is 63.3 Å². The number of likely N-dealkylation sites (N-methyl/N-ethyl adjacent to an activating group) is 1. The van der Waals surface area contributed by atoms with Crippen LogP contribution in [0.5, 0.6) is 0 Å². The molecule has 4 amide bonds. The molecule has 5 N–H and O–H groups in total. The van der Waals surface area contributed by atoms with Gasteiger partial charge in [0, 0.05) is 31.7 Å². The van der Waals surface area contributed by atoms with E-state index in [1.807, 2.05) is 63.1 Å². The highest BCUT2D eigenvalue weighted by atomic mass is 16.2. The molecule has 17 nitrogen and oxygen atoms in total. The SMILES string of the molecule is C.CCn1nc(C)cc1C(=O)Nc1nc2cc(C(N)=O)ccc2n1CCCCn1c(NC(=O)c2cc(C)nn2CC)nc2c(NC(=O)CN(C)C)cccc21. The molecule has 0 spiro atoms. The number of amides is 4. The highest BCUT2D eigenvalue weighted by Gasteiger charge is 2.22. The van der Waals surface area contributed by atoms with Gasteiger partial charge in [-0.25, -0.2) is 9.97 Å². The van der Waals surface area contributed by atoms with E-state index in [4.69, 9.17) is 10.7 Å². The zero-order chi connectivity index (χ0) is 38.7. The molecule has 0 atom stereocenters. The van der Waals surface area contributed by atoms with Gasteiger partial charge in [0.05, 0.1) is 40.2 Å². The highest BCUT2D eigenvalue weighted by Crippen LogP contribution is 2.28. The largest absolute Gasteiger partial charge is 0.366 e. The zero-order valence-corrected chi connectivity index (χ0v) is 31.3. The van der Waals surface area contributed by atoms with E-state index in [0.717, 1.165) is 22.4 Å². The Labute approximate surface area is 318 Å². The summed E-state index contributed by atoms with van der Waals surface area (Å²) in [6.07, 6.45) is 1.26. The van der Waals surface area contributed by atoms with Crippen molar-refractivity contribution < 1.29 is 19.2 Å². The number of nitrogens with zero attached hydrogens (tertiary/aromatic N) is 9. The van der Waals surface area contributed by atoms with E-state index in [2.05, 4.69) is 31.1 Å². The standard InChI is InChI=1S/C37H45N13O4.CH4/c1-7-49-29(18-22(3)44-49)34(53)42-36-40-26-20-24(33(38)52)14-15-27(26)47(36)16-9-10-17-48-28-13-11-12-25(39-31(51)21-46(5)6)32(28)41-37(48)43-35(54)30-19-23(4)45-50(30)8-2;/h11-15,18-20H,7-10,16-17,21H2,1-6H3,(H2,38,52)(H,39,51)(H,40,42,53)(H,41,43,54);1H4. The third kappa shape index (κ3) is 8.56. The fourth-order valence-corrected chi connectivity index (χ4v) is 6.46. The number of nitrogens with one attached hydrogen (secondary N) is 3. The number of aromatic nitrogens is 8. The molecule has 0 saturated carbocycles. The first-order valence-corrected chi connectivity index (χ1v) is 17.8. The minimum absolute atomic E-state index is 0. The number of rotatable bonds is 15. The average Bonchev–Trinajstić information content (AvgIpc) is 3.88. The topological polar surface area (TPSA) is 205 Å². The van der Waals surface area contributed by atoms with Crippen molar-refractivity contribution in [3.05, 3.63) is 76.9 Å². The number of fused-ring (bicyclic) bond motifs is 2. The maximum atomic E-state index is 13.6. The summed E-state index contributed by atoms with van der Waals surface area (Å²) < 4.78 is 7.10. The smallest absolute Gasteiger partial charge is 0.276 e. The van der Waals surface area contributed by atoms with Crippen LogP contribution in [0.4, 0.5) is 17.6 Å². The van der Waals surface area contributed by atoms with Crippen LogP contribution >= 0.6 is 0 Å². The Balaban J connectivity index is 0.00000580. The predicted molar refractivity (Wildman–Crippen MR) is 212 cm³/mol. The third-order valence-electron chi connectivity index (χ3n) is 8.88. The second-order valence-corrected chi connectivity index (χ2v) is 13.3. The molecule has 6 rings (SSSR count). The van der Waals surface area contributed by atoms with Gasteiger partial charge in [-0.05, 0) is 97.1 Å². The number of hydrogen-bond donors (Lipinski definition) is 4. The van der Waals surface area contributed by atoms with Crippen LogP contribution in [0.2, 0.25) is 0 Å². The molecule has 6 aromatic rings. The van der Waals surface area contributed by atoms with Crippen LogP contribution in [-0.2, 0) is 31.0 Å². The minimum Gasteiger partial charge on any atom is -0.366 e. The van der Waals surface area contributed by atoms with Crippen molar-refractivity contribution in [1.82, 2.24) is 43.6 Å². The number of benzene rings is 2. The van der Waals surface area contributed by atoms with Gasteiger partial charge in [-0.1, -0.05) is 13.5 Å². The van der Waals surface area contributed by atoms with E-state index >= 15 is 0 Å². The number of aryl methyl sites for hydroxylation is 6. The van der Waals surface area contributed by atoms with Crippen molar-refractivity contribution in [3.8, 4) is 0 Å². The average molecular weight is 752 g/mol. The monoisotopic (exact) mass is 751 g/mol. The van der Waals surface area contributed by atoms with Crippen LogP contribution in [0.1, 0.15) is 76.8 Å². The molecule has 290 valence electrons. The molecule has 2 aromatic carbocycles. The second-order valence-electron chi connectivity index (χ2n) is 13.3. The van der Waals surface area contributed by atoms with E-state index < -0.39 is 5.91 Å². The minimum atomic E-state index is -0.579. The summed E-state index contributed by atoms with van der Waals surface area (Å²) in [5, 5.41) is 17.7. The van der Waals surface area contributed by atoms with Crippen molar-refractivity contribution in [2.24, 2.45) is 5.73 Å². The van der Waals surface area contributed by atoms with Crippen LogP contribution in [-0.4, -0.2) is 87.8 Å². The van der Waals surface area contributed by atoms with Gasteiger partial charge >= 0.3 is 0 Å². The Morgan fingerprint density at radius 3 is 1.85 bits per heavy atom. The molecule has 0 aliphatic rings. The van der Waals surface area contributed by atoms with Crippen molar-refractivity contribution in [2.75, 3.05) is 36.6 Å². The Morgan fingerprint density at radius 1 is 0.745 bits per heavy atom. The molecule has 0 saturated heterocycles. The van der Waals surface area contributed by atoms with Gasteiger partial charge in [0.1, 0.15) is 16.9 Å². The number of nitrogens with two attached hydrogens (primary N) is 1. The van der Waals surface area contributed by atoms with Gasteiger partial charge in [-0.3, -0.25) is 39.2 Å². The number of primary amides is 1. The lowest BCUT2D eigenvalue weighted by atomic mass is 10.2. The maximum absolute atomic E-state index is 13.6. The van der Waals surface area contributed by atoms with Crippen LogP contribution in [0.15, 0.2) is 48.5 Å². The van der Waals surface area contributed by atoms with Crippen molar-refractivity contribution in [2.45, 2.75) is 74.1 Å². The number of carbonyl (C=O) groups excluding carboxylic acids is 4. The summed E-state index contributed by atoms with van der Waals surface area (Å²) in [5.74, 6) is -0.837. The molecule has 0 aliphatic heterocycles. The third-order valence-corrected chi connectivity index (χ3v) is 8.88. The van der Waals surface area contributed by atoms with E-state index in [-0.39, 0.29) is 31.7 Å². The molecule has 0 aliphatic carbocycles. The van der Waals surface area contributed by atoms with Gasteiger partial charge in [0.25, 0.3) is 11.8 Å². The van der Waals surface area contributed by atoms with Crippen LogP contribution in [0.25, 0.3) is 22.1 Å². The van der Waals surface area contributed by atoms with Gasteiger partial charge in [-0.15, -0.1) is 0 Å². The molecule has 4 aromatic heterocycles. The van der Waals surface area contributed by atoms with Crippen LogP contribution < -0.4 is 21.7 Å². The molecule has 4 heterocycles. The lowest BCUT2D eigenvalue weighted by Crippen LogP contribution is -2.27. The predicted octanol–water partition coefficient (Wildman–Crippen LogP) is 4.66. The van der Waals surface area contributed by atoms with Crippen LogP contribution in [0.3, 0.4) is 0 Å². The summed E-state index contributed by atoms with van der Waals surface area (Å²) >= 11 is 0. The fraction of sp³-hybridized carbons (Fsp3) is 0.368. The highest BCUT2D eigenvalue weighted by molar-refractivity contribution is 6.05. The van der Waals surface area contributed by atoms with E-state index in [9.17, 15) is 19.2 Å². The molecular formula is C38H49N13O4. The molecule has 0 bridgehead atoms. The molecule has 0 unspecified atom stereocenters. The summed E-state index contributed by atoms with van der Waals surface area (Å²) in [5.41, 5.74) is 11.2. The van der Waals surface area contributed by atoms with Gasteiger partial charge in [0.2, 0.25) is 23.7 Å². The first-order valence-electron chi connectivity index (χ1n) is 17.8. The second kappa shape index (κ2) is 16.8. The normalized spacial score (nSPS) is 11.3. The lowest BCUT2D eigenvalue weighted by molar-refractivity contribution is -0.116. The quantitative estimate of drug-likeness (QED) is 0.108. The Morgan fingerprint density at radius 2 is 1.31 bits per heavy atom. The Hall–Kier alpha value is -6.36. The zero-order valence-electron chi connectivity index (χ0n) is 31.3. The number of hydrogen-bond acceptors (Lipinski definition) is 9.